The normalized spacial score (nSPS) is 22.5. The Balaban J connectivity index is 0. The molecule has 0 aliphatic carbocycles. The Morgan fingerprint density at radius 3 is 2.00 bits per heavy atom. The maximum atomic E-state index is 12.1. The highest BCUT2D eigenvalue weighted by Crippen LogP contribution is 2.43. The monoisotopic (exact) mass is 302 g/mol. The lowest BCUT2D eigenvalue weighted by Gasteiger charge is -2.35. The summed E-state index contributed by atoms with van der Waals surface area (Å²) in [6.45, 7) is 18.6. The van der Waals surface area contributed by atoms with Gasteiger partial charge < -0.3 is 10.5 Å². The summed E-state index contributed by atoms with van der Waals surface area (Å²) in [7, 11) is 0. The van der Waals surface area contributed by atoms with Crippen LogP contribution in [0.1, 0.15) is 81.6 Å². The third kappa shape index (κ3) is 5.95. The van der Waals surface area contributed by atoms with E-state index in [4.69, 9.17) is 0 Å². The molecule has 21 heavy (non-hydrogen) atoms. The second kappa shape index (κ2) is 10.2. The zero-order valence-electron chi connectivity index (χ0n) is 15.7. The molecule has 1 aliphatic rings. The molecule has 1 atom stereocenters. The van der Waals surface area contributed by atoms with E-state index in [-0.39, 0.29) is 17.4 Å². The van der Waals surface area contributed by atoms with E-state index in [0.29, 0.717) is 6.42 Å². The van der Waals surface area contributed by atoms with E-state index >= 15 is 0 Å². The highest BCUT2D eigenvalue weighted by Gasteiger charge is 2.53. The molecular formula is C17H38N2O2. The zero-order chi connectivity index (χ0) is 17.3. The van der Waals surface area contributed by atoms with Gasteiger partial charge in [0, 0.05) is 12.1 Å². The van der Waals surface area contributed by atoms with Crippen molar-refractivity contribution in [1.29, 1.82) is 0 Å². The first kappa shape index (κ1) is 22.7. The molecule has 1 amide bonds. The van der Waals surface area contributed by atoms with Gasteiger partial charge in [0.1, 0.15) is 0 Å². The second-order valence-corrected chi connectivity index (χ2v) is 6.18. The van der Waals surface area contributed by atoms with Crippen molar-refractivity contribution in [2.75, 3.05) is 6.54 Å². The van der Waals surface area contributed by atoms with E-state index < -0.39 is 5.54 Å². The summed E-state index contributed by atoms with van der Waals surface area (Å²) in [6, 6.07) is 0. The molecule has 0 aromatic heterocycles. The molecule has 2 N–H and O–H groups in total. The minimum absolute atomic E-state index is 0.0630. The van der Waals surface area contributed by atoms with Crippen molar-refractivity contribution in [2.45, 2.75) is 92.7 Å². The minimum atomic E-state index is -0.500. The van der Waals surface area contributed by atoms with Gasteiger partial charge in [-0.25, -0.2) is 0 Å². The van der Waals surface area contributed by atoms with Crippen LogP contribution in [0.4, 0.5) is 0 Å². The molecule has 1 saturated heterocycles. The summed E-state index contributed by atoms with van der Waals surface area (Å²) in [5.74, 6) is -0.0903. The largest absolute Gasteiger partial charge is 0.356 e. The smallest absolute Gasteiger partial charge is 0.225 e. The Hall–Kier alpha value is -0.610. The number of carbonyl (C=O) groups is 1. The van der Waals surface area contributed by atoms with Gasteiger partial charge in [0.25, 0.3) is 0 Å². The number of rotatable bonds is 4. The lowest BCUT2D eigenvalue weighted by atomic mass is 9.86. The van der Waals surface area contributed by atoms with Crippen LogP contribution in [0.3, 0.4) is 0 Å². The van der Waals surface area contributed by atoms with Crippen LogP contribution < -0.4 is 5.32 Å². The lowest BCUT2D eigenvalue weighted by Crippen LogP contribution is -2.49. The molecular weight excluding hydrogens is 264 g/mol. The van der Waals surface area contributed by atoms with Crippen LogP contribution in [0, 0.1) is 5.92 Å². The molecule has 1 aliphatic heterocycles. The predicted molar refractivity (Wildman–Crippen MR) is 90.5 cm³/mol. The Kier molecular flexibility index (Phi) is 11.0. The zero-order valence-corrected chi connectivity index (χ0v) is 15.7. The molecule has 1 fully saturated rings. The number of amides is 1. The van der Waals surface area contributed by atoms with E-state index in [1.54, 1.807) is 0 Å². The van der Waals surface area contributed by atoms with Gasteiger partial charge in [0.15, 0.2) is 0 Å². The number of unbranched alkanes of at least 4 members (excludes halogenated alkanes) is 1. The van der Waals surface area contributed by atoms with E-state index in [1.165, 1.54) is 5.06 Å². The number of hydrogen-bond acceptors (Lipinski definition) is 3. The predicted octanol–water partition coefficient (Wildman–Crippen LogP) is 4.22. The van der Waals surface area contributed by atoms with Crippen molar-refractivity contribution in [3.63, 3.8) is 0 Å². The van der Waals surface area contributed by atoms with E-state index in [9.17, 15) is 10.0 Å². The van der Waals surface area contributed by atoms with Crippen molar-refractivity contribution < 1.29 is 10.0 Å². The SMILES string of the molecule is CC.CC.CCCCNC(=O)C1CC(C)(C)N(O)C1(C)C. The first-order valence-corrected chi connectivity index (χ1v) is 8.50. The van der Waals surface area contributed by atoms with Crippen LogP contribution in [0.15, 0.2) is 0 Å². The molecule has 1 heterocycles. The van der Waals surface area contributed by atoms with Crippen LogP contribution in [0.5, 0.6) is 0 Å². The average molecular weight is 303 g/mol. The quantitative estimate of drug-likeness (QED) is 0.764. The van der Waals surface area contributed by atoms with E-state index in [1.807, 2.05) is 55.4 Å². The summed E-state index contributed by atoms with van der Waals surface area (Å²) in [5, 5.41) is 14.4. The van der Waals surface area contributed by atoms with Crippen LogP contribution >= 0.6 is 0 Å². The van der Waals surface area contributed by atoms with Gasteiger partial charge in [-0.05, 0) is 40.5 Å². The van der Waals surface area contributed by atoms with Gasteiger partial charge in [-0.2, -0.15) is 5.06 Å². The summed E-state index contributed by atoms with van der Waals surface area (Å²) < 4.78 is 0. The van der Waals surface area contributed by atoms with Gasteiger partial charge in [-0.15, -0.1) is 0 Å². The van der Waals surface area contributed by atoms with Crippen molar-refractivity contribution in [3.05, 3.63) is 0 Å². The molecule has 1 unspecified atom stereocenters. The standard InChI is InChI=1S/C13H26N2O2.2C2H6/c1-6-7-8-14-11(16)10-9-12(2,3)15(17)13(10,4)5;2*1-2/h10,17H,6-9H2,1-5H3,(H,14,16);2*1-2H3. The first-order chi connectivity index (χ1) is 9.73. The van der Waals surface area contributed by atoms with Crippen LogP contribution in [-0.4, -0.2) is 33.8 Å². The highest BCUT2D eigenvalue weighted by molar-refractivity contribution is 5.80. The average Bonchev–Trinajstić information content (AvgIpc) is 2.63. The van der Waals surface area contributed by atoms with Crippen molar-refractivity contribution in [3.8, 4) is 0 Å². The van der Waals surface area contributed by atoms with Crippen molar-refractivity contribution >= 4 is 5.91 Å². The Bertz CT molecular complexity index is 289. The van der Waals surface area contributed by atoms with E-state index in [2.05, 4.69) is 12.2 Å². The number of carbonyl (C=O) groups excluding carboxylic acids is 1. The molecule has 0 spiro atoms. The Labute approximate surface area is 132 Å². The molecule has 1 rings (SSSR count). The molecule has 0 radical (unpaired) electrons. The molecule has 4 nitrogen and oxygen atoms in total. The van der Waals surface area contributed by atoms with Crippen molar-refractivity contribution in [2.24, 2.45) is 5.92 Å². The van der Waals surface area contributed by atoms with Crippen LogP contribution in [-0.2, 0) is 4.79 Å². The van der Waals surface area contributed by atoms with Gasteiger partial charge >= 0.3 is 0 Å². The third-order valence-corrected chi connectivity index (χ3v) is 3.82. The maximum Gasteiger partial charge on any atom is 0.225 e. The summed E-state index contributed by atoms with van der Waals surface area (Å²) >= 11 is 0. The van der Waals surface area contributed by atoms with Gasteiger partial charge in [-0.3, -0.25) is 4.79 Å². The second-order valence-electron chi connectivity index (χ2n) is 6.18. The summed E-state index contributed by atoms with van der Waals surface area (Å²) in [4.78, 5) is 12.1. The first-order valence-electron chi connectivity index (χ1n) is 8.50. The van der Waals surface area contributed by atoms with Gasteiger partial charge in [0.05, 0.1) is 11.5 Å². The third-order valence-electron chi connectivity index (χ3n) is 3.82. The van der Waals surface area contributed by atoms with Crippen LogP contribution in [0.25, 0.3) is 0 Å². The highest BCUT2D eigenvalue weighted by atomic mass is 16.5. The summed E-state index contributed by atoms with van der Waals surface area (Å²) in [6.07, 6.45) is 2.77. The fraction of sp³-hybridized carbons (Fsp3) is 0.941. The number of hydroxylamine groups is 2. The minimum Gasteiger partial charge on any atom is -0.356 e. The molecule has 0 saturated carbocycles. The number of hydrogen-bond donors (Lipinski definition) is 2. The molecule has 4 heteroatoms. The molecule has 0 aromatic carbocycles. The number of nitrogens with zero attached hydrogens (tertiary/aromatic N) is 1. The fourth-order valence-electron chi connectivity index (χ4n) is 2.69. The maximum absolute atomic E-state index is 12.1. The number of nitrogens with one attached hydrogen (secondary N) is 1. The van der Waals surface area contributed by atoms with Gasteiger partial charge in [-0.1, -0.05) is 41.0 Å². The van der Waals surface area contributed by atoms with Crippen molar-refractivity contribution in [1.82, 2.24) is 10.4 Å². The molecule has 128 valence electrons. The van der Waals surface area contributed by atoms with Gasteiger partial charge in [0.2, 0.25) is 5.91 Å². The van der Waals surface area contributed by atoms with Crippen LogP contribution in [0.2, 0.25) is 0 Å². The lowest BCUT2D eigenvalue weighted by molar-refractivity contribution is -0.197. The van der Waals surface area contributed by atoms with E-state index in [0.717, 1.165) is 19.4 Å². The fourth-order valence-corrected chi connectivity index (χ4v) is 2.69. The summed E-state index contributed by atoms with van der Waals surface area (Å²) in [5.41, 5.74) is -0.837. The molecule has 0 bridgehead atoms. The Morgan fingerprint density at radius 1 is 1.19 bits per heavy atom. The molecule has 0 aromatic rings. The topological polar surface area (TPSA) is 52.6 Å². The Morgan fingerprint density at radius 2 is 1.67 bits per heavy atom.